The lowest BCUT2D eigenvalue weighted by molar-refractivity contribution is -0.323. The third-order valence-corrected chi connectivity index (χ3v) is 16.1. The van der Waals surface area contributed by atoms with Crippen molar-refractivity contribution in [2.75, 3.05) is 46.4 Å². The number of piperazine rings is 1. The van der Waals surface area contributed by atoms with Crippen LogP contribution >= 0.6 is 0 Å². The number of carbonyl (C=O) groups is 2. The second-order valence-electron chi connectivity index (χ2n) is 22.8. The highest BCUT2D eigenvalue weighted by molar-refractivity contribution is 5.80. The second-order valence-corrected chi connectivity index (χ2v) is 22.8. The molecule has 24 nitrogen and oxygen atoms in total. The van der Waals surface area contributed by atoms with Crippen molar-refractivity contribution in [3.05, 3.63) is 85.1 Å². The summed E-state index contributed by atoms with van der Waals surface area (Å²) in [6.45, 7) is 7.20. The van der Waals surface area contributed by atoms with E-state index in [0.717, 1.165) is 0 Å². The van der Waals surface area contributed by atoms with E-state index in [4.69, 9.17) is 23.7 Å². The highest BCUT2D eigenvalue weighted by Gasteiger charge is 2.53. The Kier molecular flexibility index (Phi) is 27.6. The molecule has 0 radical (unpaired) electrons. The summed E-state index contributed by atoms with van der Waals surface area (Å²) in [6, 6.07) is -1.33. The fourth-order valence-corrected chi connectivity index (χ4v) is 10.7. The number of nitrogens with zero attached hydrogens (tertiary/aromatic N) is 2. The predicted octanol–water partition coefficient (Wildman–Crippen LogP) is -2.17. The van der Waals surface area contributed by atoms with Crippen LogP contribution in [-0.4, -0.2) is 261 Å². The molecule has 82 heavy (non-hydrogen) atoms. The van der Waals surface area contributed by atoms with Gasteiger partial charge in [0.15, 0.2) is 12.1 Å². The number of likely N-dealkylation sites (N-methyl/N-ethyl adjacent to an activating group) is 1. The molecule has 1 amide bonds. The molecule has 3 unspecified atom stereocenters. The molecule has 0 saturated carbocycles. The van der Waals surface area contributed by atoms with Gasteiger partial charge in [-0.1, -0.05) is 98.9 Å². The van der Waals surface area contributed by atoms with Crippen molar-refractivity contribution in [3.63, 3.8) is 0 Å². The highest BCUT2D eigenvalue weighted by Crippen LogP contribution is 2.39. The van der Waals surface area contributed by atoms with E-state index in [1.54, 1.807) is 97.7 Å². The molecule has 4 fully saturated rings. The first-order valence-corrected chi connectivity index (χ1v) is 28.5. The number of fused-ring (bicyclic) bond motifs is 2. The van der Waals surface area contributed by atoms with Gasteiger partial charge in [0.1, 0.15) is 30.5 Å². The molecule has 15 N–H and O–H groups in total. The molecule has 0 aromatic carbocycles. The van der Waals surface area contributed by atoms with Crippen LogP contribution in [0.2, 0.25) is 0 Å². The van der Waals surface area contributed by atoms with Gasteiger partial charge in [0.2, 0.25) is 11.7 Å². The van der Waals surface area contributed by atoms with Gasteiger partial charge in [-0.3, -0.25) is 9.59 Å². The number of cyclic esters (lactones) is 1. The minimum atomic E-state index is -2.46. The molecule has 5 heterocycles. The maximum Gasteiger partial charge on any atom is 0.308 e. The molecule has 23 atom stereocenters. The second kappa shape index (κ2) is 32.7. The maximum absolute atomic E-state index is 14.5. The number of ether oxygens (including phenoxy) is 5. The summed E-state index contributed by atoms with van der Waals surface area (Å²) in [5, 5.41) is 157. The monoisotopic (exact) mass is 1170 g/mol. The Balaban J connectivity index is 1.43. The molecule has 0 aliphatic carbocycles. The van der Waals surface area contributed by atoms with Gasteiger partial charge in [0.25, 0.3) is 0 Å². The SMILES string of the molecule is CC1[C@H](C)OC(=O)C[C@H](O)C[C@H](O)CC[C@@H](O)[C@H](O)C[C@H](O)C[C@]2(O)C[C@H](O)C(C(=O)N3CCN(C)CC3)C(C[C@@H](O[C@@H]3O[C@H](C)[C@@H](O)[C@H](NC[C@@]4(O)OC[C@@H](O)[C@H](O)[C@@H]4O)[C@@H]3O)/C=C/C=C/C=C/C=C/C=C/C=C/C=C/[C@H](C)[C@H]1O)O2. The molecule has 2 bridgehead atoms. The van der Waals surface area contributed by atoms with Crippen LogP contribution in [0.5, 0.6) is 0 Å². The fraction of sp³-hybridized carbons (Fsp3) is 0.724. The largest absolute Gasteiger partial charge is 0.462 e. The number of allylic oxidation sites excluding steroid dienone is 12. The van der Waals surface area contributed by atoms with Gasteiger partial charge in [-0.15, -0.1) is 0 Å². The van der Waals surface area contributed by atoms with Gasteiger partial charge in [-0.05, 0) is 40.2 Å². The van der Waals surface area contributed by atoms with Gasteiger partial charge in [0.05, 0.1) is 98.7 Å². The van der Waals surface area contributed by atoms with Crippen LogP contribution in [0.1, 0.15) is 79.1 Å². The molecule has 5 rings (SSSR count). The lowest BCUT2D eigenvalue weighted by Gasteiger charge is -2.48. The molecule has 5 aliphatic heterocycles. The minimum absolute atomic E-state index is 0.124. The van der Waals surface area contributed by atoms with E-state index in [9.17, 15) is 81.1 Å². The summed E-state index contributed by atoms with van der Waals surface area (Å²) < 4.78 is 29.6. The average molecular weight is 1170 g/mol. The average Bonchev–Trinajstić information content (AvgIpc) is 3.58. The fourth-order valence-electron chi connectivity index (χ4n) is 10.7. The quantitative estimate of drug-likeness (QED) is 0.126. The Morgan fingerprint density at radius 2 is 1.24 bits per heavy atom. The first kappa shape index (κ1) is 69.1. The van der Waals surface area contributed by atoms with Gasteiger partial charge in [-0.25, -0.2) is 0 Å². The molecule has 466 valence electrons. The zero-order chi connectivity index (χ0) is 60.5. The maximum atomic E-state index is 14.5. The summed E-state index contributed by atoms with van der Waals surface area (Å²) in [7, 11) is 1.90. The van der Waals surface area contributed by atoms with Crippen LogP contribution in [-0.2, 0) is 33.3 Å². The molecular weight excluding hydrogens is 1070 g/mol. The van der Waals surface area contributed by atoms with Crippen LogP contribution in [0.3, 0.4) is 0 Å². The molecule has 0 spiro atoms. The predicted molar refractivity (Wildman–Crippen MR) is 296 cm³/mol. The van der Waals surface area contributed by atoms with Crippen LogP contribution < -0.4 is 5.32 Å². The number of aliphatic hydroxyl groups is 14. The van der Waals surface area contributed by atoms with Crippen molar-refractivity contribution < 1.29 is 105 Å². The number of carbonyl (C=O) groups excluding carboxylic acids is 2. The normalized spacial score (nSPS) is 45.6. The van der Waals surface area contributed by atoms with E-state index < -0.39 is 184 Å². The molecular formula is C58H93N3O21. The number of esters is 1. The third-order valence-electron chi connectivity index (χ3n) is 16.1. The Morgan fingerprint density at radius 1 is 0.646 bits per heavy atom. The van der Waals surface area contributed by atoms with Crippen molar-refractivity contribution in [2.45, 2.75) is 201 Å². The summed E-state index contributed by atoms with van der Waals surface area (Å²) >= 11 is 0. The minimum Gasteiger partial charge on any atom is -0.462 e. The van der Waals surface area contributed by atoms with Crippen molar-refractivity contribution in [1.82, 2.24) is 15.1 Å². The molecule has 0 aromatic rings. The van der Waals surface area contributed by atoms with E-state index in [2.05, 4.69) is 5.32 Å². The van der Waals surface area contributed by atoms with Gasteiger partial charge in [-0.2, -0.15) is 0 Å². The van der Waals surface area contributed by atoms with Crippen LogP contribution in [0, 0.1) is 17.8 Å². The van der Waals surface area contributed by atoms with Crippen molar-refractivity contribution in [2.24, 2.45) is 17.8 Å². The Bertz CT molecular complexity index is 2170. The van der Waals surface area contributed by atoms with Crippen molar-refractivity contribution >= 4 is 11.9 Å². The Morgan fingerprint density at radius 3 is 1.87 bits per heavy atom. The lowest BCUT2D eigenvalue weighted by Crippen LogP contribution is -2.69. The van der Waals surface area contributed by atoms with Gasteiger partial charge >= 0.3 is 5.97 Å². The van der Waals surface area contributed by atoms with Gasteiger partial charge < -0.3 is 110 Å². The number of amides is 1. The number of nitrogens with one attached hydrogen (secondary N) is 1. The standard InChI is InChI=1S/C58H93N3O21/c1-34-18-16-14-12-10-8-6-7-9-11-13-15-17-19-41(81-56-53(73)49(51(71)37(4)80-56)59-33-58(77)54(74)52(72)45(68)32-78-58)29-46-48(55(75)61-24-22-60(5)23-25-61)44(67)31-57(76,82-46)30-40(64)27-43(66)42(65)21-20-38(62)26-39(63)28-47(69)79-36(3)35(2)50(34)70/h6-19,34-46,48-54,56,59,62-68,70-74,76-77H,20-33H2,1-5H3/b7-6+,10-8+,11-9+,14-12+,15-13+,18-16+,19-17+/t34-,35?,36-,37+,38+,39+,40-,41-,42+,43+,44-,45+,46?,48?,49-,50+,51+,52-,53-,54-,56-,57+,58+/m0/s1. The number of rotatable bonds is 6. The van der Waals surface area contributed by atoms with Crippen LogP contribution in [0.4, 0.5) is 0 Å². The Hall–Kier alpha value is -3.68. The molecule has 5 aliphatic rings. The van der Waals surface area contributed by atoms with E-state index in [-0.39, 0.29) is 31.6 Å². The summed E-state index contributed by atoms with van der Waals surface area (Å²) in [4.78, 5) is 30.9. The Labute approximate surface area is 480 Å². The number of aliphatic hydroxyl groups excluding tert-OH is 12. The van der Waals surface area contributed by atoms with Crippen LogP contribution in [0.15, 0.2) is 85.1 Å². The van der Waals surface area contributed by atoms with Gasteiger partial charge in [0, 0.05) is 63.7 Å². The zero-order valence-electron chi connectivity index (χ0n) is 47.6. The zero-order valence-corrected chi connectivity index (χ0v) is 47.6. The van der Waals surface area contributed by atoms with E-state index in [0.29, 0.717) is 26.2 Å². The molecule has 4 saturated heterocycles. The third kappa shape index (κ3) is 20.5. The lowest BCUT2D eigenvalue weighted by atomic mass is 9.81. The van der Waals surface area contributed by atoms with E-state index in [1.165, 1.54) is 6.92 Å². The first-order chi connectivity index (χ1) is 38.7. The van der Waals surface area contributed by atoms with Crippen molar-refractivity contribution in [3.8, 4) is 0 Å². The van der Waals surface area contributed by atoms with Crippen molar-refractivity contribution in [1.29, 1.82) is 0 Å². The number of hydrogen-bond donors (Lipinski definition) is 15. The first-order valence-electron chi connectivity index (χ1n) is 28.5. The van der Waals surface area contributed by atoms with E-state index >= 15 is 0 Å². The molecule has 0 aromatic heterocycles. The highest BCUT2D eigenvalue weighted by atomic mass is 16.7. The molecule has 24 heteroatoms. The smallest absolute Gasteiger partial charge is 0.308 e. The number of hydrogen-bond acceptors (Lipinski definition) is 23. The van der Waals surface area contributed by atoms with Crippen LogP contribution in [0.25, 0.3) is 0 Å². The van der Waals surface area contributed by atoms with E-state index in [1.807, 2.05) is 24.9 Å². The topological polar surface area (TPSA) is 382 Å². The summed E-state index contributed by atoms with van der Waals surface area (Å²) in [5.74, 6) is -8.12. The summed E-state index contributed by atoms with van der Waals surface area (Å²) in [5.41, 5.74) is 0. The summed E-state index contributed by atoms with van der Waals surface area (Å²) in [6.07, 6.45) is -2.63.